The van der Waals surface area contributed by atoms with Crippen molar-refractivity contribution in [3.05, 3.63) is 69.9 Å². The number of aromatic nitrogens is 1. The fraction of sp³-hybridized carbons (Fsp3) is 0.111. The lowest BCUT2D eigenvalue weighted by atomic mass is 10.2. The summed E-state index contributed by atoms with van der Waals surface area (Å²) in [6.07, 6.45) is 3.30. The van der Waals surface area contributed by atoms with Gasteiger partial charge in [0.1, 0.15) is 0 Å². The lowest BCUT2D eigenvalue weighted by molar-refractivity contribution is -0.385. The van der Waals surface area contributed by atoms with E-state index in [0.29, 0.717) is 0 Å². The monoisotopic (exact) mass is 352 g/mol. The second-order valence-corrected chi connectivity index (χ2v) is 5.60. The molecule has 0 aliphatic carbocycles. The maximum absolute atomic E-state index is 11.8. The second-order valence-electron chi connectivity index (χ2n) is 5.60. The van der Waals surface area contributed by atoms with E-state index in [0.717, 1.165) is 22.0 Å². The van der Waals surface area contributed by atoms with Crippen LogP contribution in [0.2, 0.25) is 0 Å². The molecule has 1 heterocycles. The van der Waals surface area contributed by atoms with Crippen molar-refractivity contribution >= 4 is 28.7 Å². The van der Waals surface area contributed by atoms with Gasteiger partial charge in [-0.05, 0) is 24.6 Å². The third kappa shape index (κ3) is 3.86. The van der Waals surface area contributed by atoms with E-state index in [9.17, 15) is 14.9 Å². The van der Waals surface area contributed by atoms with Crippen LogP contribution in [0.15, 0.2) is 53.8 Å². The van der Waals surface area contributed by atoms with Crippen LogP contribution in [-0.4, -0.2) is 28.6 Å². The number of hydrogen-bond donors (Lipinski definition) is 2. The van der Waals surface area contributed by atoms with Gasteiger partial charge in [0.2, 0.25) is 0 Å². The highest BCUT2D eigenvalue weighted by Gasteiger charge is 2.16. The molecule has 0 saturated carbocycles. The van der Waals surface area contributed by atoms with Crippen molar-refractivity contribution in [1.82, 2.24) is 10.4 Å². The van der Waals surface area contributed by atoms with Gasteiger partial charge in [0.05, 0.1) is 11.1 Å². The van der Waals surface area contributed by atoms with Crippen LogP contribution in [0, 0.1) is 17.0 Å². The number of para-hydroxylation sites is 1. The van der Waals surface area contributed by atoms with Crippen molar-refractivity contribution in [2.45, 2.75) is 6.92 Å². The molecule has 3 rings (SSSR count). The first kappa shape index (κ1) is 17.2. The Labute approximate surface area is 148 Å². The predicted molar refractivity (Wildman–Crippen MR) is 97.4 cm³/mol. The standard InChI is InChI=1S/C18H16N4O4/c1-12-6-7-17(16(8-12)22(24)25)26-11-18(23)21-20-10-13-9-19-15-5-3-2-4-14(13)15/h2-10,19H,11H2,1H3,(H,21,23)/b20-10-. The molecule has 0 aliphatic rings. The minimum absolute atomic E-state index is 0.0383. The molecule has 0 atom stereocenters. The second kappa shape index (κ2) is 7.47. The number of aryl methyl sites for hydroxylation is 1. The Balaban J connectivity index is 1.59. The number of nitrogens with zero attached hydrogens (tertiary/aromatic N) is 2. The fourth-order valence-electron chi connectivity index (χ4n) is 2.44. The summed E-state index contributed by atoms with van der Waals surface area (Å²) in [7, 11) is 0. The molecule has 0 spiro atoms. The molecule has 0 radical (unpaired) electrons. The van der Waals surface area contributed by atoms with Crippen LogP contribution in [0.4, 0.5) is 5.69 Å². The Bertz CT molecular complexity index is 994. The van der Waals surface area contributed by atoms with E-state index in [1.165, 1.54) is 18.3 Å². The van der Waals surface area contributed by atoms with E-state index in [4.69, 9.17) is 4.74 Å². The average Bonchev–Trinajstić information content (AvgIpc) is 3.04. The molecule has 8 heteroatoms. The molecule has 0 aliphatic heterocycles. The molecule has 8 nitrogen and oxygen atoms in total. The zero-order chi connectivity index (χ0) is 18.5. The summed E-state index contributed by atoms with van der Waals surface area (Å²) >= 11 is 0. The quantitative estimate of drug-likeness (QED) is 0.404. The van der Waals surface area contributed by atoms with Crippen molar-refractivity contribution in [3.8, 4) is 5.75 Å². The first-order chi connectivity index (χ1) is 12.5. The number of carbonyl (C=O) groups is 1. The summed E-state index contributed by atoms with van der Waals surface area (Å²) < 4.78 is 5.24. The normalized spacial score (nSPS) is 11.0. The van der Waals surface area contributed by atoms with E-state index < -0.39 is 10.8 Å². The van der Waals surface area contributed by atoms with Crippen LogP contribution in [0.1, 0.15) is 11.1 Å². The van der Waals surface area contributed by atoms with Crippen molar-refractivity contribution in [2.24, 2.45) is 5.10 Å². The largest absolute Gasteiger partial charge is 0.477 e. The van der Waals surface area contributed by atoms with E-state index in [1.54, 1.807) is 19.2 Å². The molecule has 2 aromatic carbocycles. The predicted octanol–water partition coefficient (Wildman–Crippen LogP) is 2.91. The molecule has 26 heavy (non-hydrogen) atoms. The number of nitrogens with one attached hydrogen (secondary N) is 2. The molecule has 0 bridgehead atoms. The summed E-state index contributed by atoms with van der Waals surface area (Å²) in [5.74, 6) is -0.479. The van der Waals surface area contributed by atoms with Gasteiger partial charge in [-0.1, -0.05) is 24.3 Å². The molecule has 3 aromatic rings. The van der Waals surface area contributed by atoms with Crippen LogP contribution in [0.3, 0.4) is 0 Å². The van der Waals surface area contributed by atoms with Gasteiger partial charge in [0, 0.05) is 28.7 Å². The number of carbonyl (C=O) groups excluding carboxylic acids is 1. The number of aromatic amines is 1. The highest BCUT2D eigenvalue weighted by molar-refractivity contribution is 5.99. The Morgan fingerprint density at radius 3 is 2.96 bits per heavy atom. The molecular formula is C18H16N4O4. The van der Waals surface area contributed by atoms with Crippen LogP contribution in [-0.2, 0) is 4.79 Å². The molecule has 0 saturated heterocycles. The van der Waals surface area contributed by atoms with E-state index >= 15 is 0 Å². The molecule has 1 aromatic heterocycles. The molecular weight excluding hydrogens is 336 g/mol. The summed E-state index contributed by atoms with van der Waals surface area (Å²) in [4.78, 5) is 25.4. The zero-order valence-electron chi connectivity index (χ0n) is 13.9. The number of rotatable bonds is 6. The first-order valence-electron chi connectivity index (χ1n) is 7.80. The Morgan fingerprint density at radius 2 is 2.15 bits per heavy atom. The fourth-order valence-corrected chi connectivity index (χ4v) is 2.44. The number of nitro groups is 1. The molecule has 2 N–H and O–H groups in total. The SMILES string of the molecule is Cc1ccc(OCC(=O)N/N=C\c2c[nH]c3ccccc23)c([N+](=O)[O-])c1. The topological polar surface area (TPSA) is 110 Å². The maximum atomic E-state index is 11.8. The molecule has 1 amide bonds. The third-order valence-electron chi connectivity index (χ3n) is 3.68. The number of hydrazone groups is 1. The van der Waals surface area contributed by atoms with Gasteiger partial charge in [0.25, 0.3) is 5.91 Å². The first-order valence-corrected chi connectivity index (χ1v) is 7.80. The van der Waals surface area contributed by atoms with Gasteiger partial charge in [-0.2, -0.15) is 5.10 Å². The van der Waals surface area contributed by atoms with Crippen LogP contribution >= 0.6 is 0 Å². The highest BCUT2D eigenvalue weighted by Crippen LogP contribution is 2.27. The van der Waals surface area contributed by atoms with E-state index in [1.807, 2.05) is 24.3 Å². The molecule has 132 valence electrons. The van der Waals surface area contributed by atoms with Crippen LogP contribution < -0.4 is 10.2 Å². The van der Waals surface area contributed by atoms with Gasteiger partial charge < -0.3 is 9.72 Å². The maximum Gasteiger partial charge on any atom is 0.311 e. The Morgan fingerprint density at radius 1 is 1.35 bits per heavy atom. The van der Waals surface area contributed by atoms with Crippen LogP contribution in [0.25, 0.3) is 10.9 Å². The van der Waals surface area contributed by atoms with E-state index in [-0.39, 0.29) is 18.0 Å². The zero-order valence-corrected chi connectivity index (χ0v) is 13.9. The van der Waals surface area contributed by atoms with Gasteiger partial charge in [0.15, 0.2) is 12.4 Å². The van der Waals surface area contributed by atoms with Gasteiger partial charge in [-0.15, -0.1) is 0 Å². The number of hydrogen-bond acceptors (Lipinski definition) is 5. The lowest BCUT2D eigenvalue weighted by Gasteiger charge is -2.06. The number of ether oxygens (including phenoxy) is 1. The lowest BCUT2D eigenvalue weighted by Crippen LogP contribution is -2.24. The van der Waals surface area contributed by atoms with Crippen molar-refractivity contribution < 1.29 is 14.5 Å². The molecule has 0 unspecified atom stereocenters. The minimum Gasteiger partial charge on any atom is -0.477 e. The number of benzene rings is 2. The summed E-state index contributed by atoms with van der Waals surface area (Å²) in [5, 5.41) is 15.9. The number of H-pyrrole nitrogens is 1. The van der Waals surface area contributed by atoms with Gasteiger partial charge >= 0.3 is 5.69 Å². The van der Waals surface area contributed by atoms with Crippen molar-refractivity contribution in [3.63, 3.8) is 0 Å². The van der Waals surface area contributed by atoms with Crippen molar-refractivity contribution in [1.29, 1.82) is 0 Å². The van der Waals surface area contributed by atoms with Gasteiger partial charge in [-0.3, -0.25) is 14.9 Å². The smallest absolute Gasteiger partial charge is 0.311 e. The summed E-state index contributed by atoms with van der Waals surface area (Å²) in [5.41, 5.74) is 4.69. The Kier molecular flexibility index (Phi) is 4.93. The summed E-state index contributed by atoms with van der Waals surface area (Å²) in [6, 6.07) is 12.2. The molecule has 0 fully saturated rings. The average molecular weight is 352 g/mol. The highest BCUT2D eigenvalue weighted by atomic mass is 16.6. The van der Waals surface area contributed by atoms with Crippen molar-refractivity contribution in [2.75, 3.05) is 6.61 Å². The Hall–Kier alpha value is -3.68. The number of amides is 1. The number of nitro benzene ring substituents is 1. The summed E-state index contributed by atoms with van der Waals surface area (Å²) in [6.45, 7) is 1.36. The third-order valence-corrected chi connectivity index (χ3v) is 3.68. The minimum atomic E-state index is -0.546. The van der Waals surface area contributed by atoms with E-state index in [2.05, 4.69) is 15.5 Å². The number of fused-ring (bicyclic) bond motifs is 1. The van der Waals surface area contributed by atoms with Gasteiger partial charge in [-0.25, -0.2) is 5.43 Å². The van der Waals surface area contributed by atoms with Crippen LogP contribution in [0.5, 0.6) is 5.75 Å².